The first-order valence-electron chi connectivity index (χ1n) is 8.82. The molecular formula is C19H21NO7S2. The highest BCUT2D eigenvalue weighted by Gasteiger charge is 2.46. The van der Waals surface area contributed by atoms with E-state index in [1.165, 1.54) is 24.3 Å². The summed E-state index contributed by atoms with van der Waals surface area (Å²) in [5, 5.41) is 9.49. The number of carboxylic acids is 1. The van der Waals surface area contributed by atoms with E-state index in [4.69, 9.17) is 4.18 Å². The predicted molar refractivity (Wildman–Crippen MR) is 104 cm³/mol. The molecule has 1 aliphatic heterocycles. The highest BCUT2D eigenvalue weighted by molar-refractivity contribution is 7.89. The van der Waals surface area contributed by atoms with Crippen molar-refractivity contribution in [1.82, 2.24) is 4.31 Å². The number of benzene rings is 2. The van der Waals surface area contributed by atoms with Gasteiger partial charge in [0.05, 0.1) is 15.9 Å². The minimum atomic E-state index is -4.16. The molecule has 1 unspecified atom stereocenters. The molecule has 1 N–H and O–H groups in total. The highest BCUT2D eigenvalue weighted by atomic mass is 32.2. The van der Waals surface area contributed by atoms with E-state index in [1.54, 1.807) is 38.1 Å². The van der Waals surface area contributed by atoms with Gasteiger partial charge in [0.15, 0.2) is 0 Å². The first-order chi connectivity index (χ1) is 13.5. The molecule has 8 nitrogen and oxygen atoms in total. The van der Waals surface area contributed by atoms with Crippen molar-refractivity contribution in [3.8, 4) is 0 Å². The van der Waals surface area contributed by atoms with Gasteiger partial charge in [-0.2, -0.15) is 12.7 Å². The minimum Gasteiger partial charge on any atom is -0.480 e. The van der Waals surface area contributed by atoms with Crippen LogP contribution in [0.3, 0.4) is 0 Å². The lowest BCUT2D eigenvalue weighted by Crippen LogP contribution is -2.40. The molecule has 2 atom stereocenters. The van der Waals surface area contributed by atoms with Crippen LogP contribution < -0.4 is 0 Å². The average Bonchev–Trinajstić information content (AvgIpc) is 3.07. The Balaban J connectivity index is 1.86. The van der Waals surface area contributed by atoms with Gasteiger partial charge in [0, 0.05) is 13.0 Å². The lowest BCUT2D eigenvalue weighted by molar-refractivity contribution is -0.140. The van der Waals surface area contributed by atoms with Crippen molar-refractivity contribution in [3.05, 3.63) is 59.7 Å². The van der Waals surface area contributed by atoms with Crippen molar-refractivity contribution < 1.29 is 30.9 Å². The number of nitrogens with zero attached hydrogens (tertiary/aromatic N) is 1. The molecule has 0 aliphatic carbocycles. The monoisotopic (exact) mass is 439 g/mol. The zero-order valence-electron chi connectivity index (χ0n) is 15.8. The molecule has 0 radical (unpaired) electrons. The van der Waals surface area contributed by atoms with Gasteiger partial charge in [0.2, 0.25) is 10.0 Å². The van der Waals surface area contributed by atoms with E-state index < -0.39 is 38.3 Å². The van der Waals surface area contributed by atoms with Crippen molar-refractivity contribution in [2.45, 2.75) is 42.2 Å². The third kappa shape index (κ3) is 4.50. The van der Waals surface area contributed by atoms with Gasteiger partial charge in [-0.15, -0.1) is 0 Å². The lowest BCUT2D eigenvalue weighted by atomic mass is 10.2. The van der Waals surface area contributed by atoms with Crippen LogP contribution in [0.1, 0.15) is 17.5 Å². The molecule has 0 aromatic heterocycles. The molecule has 1 heterocycles. The summed E-state index contributed by atoms with van der Waals surface area (Å²) in [6, 6.07) is 10.6. The normalized spacial score (nSPS) is 20.6. The summed E-state index contributed by atoms with van der Waals surface area (Å²) in [5.41, 5.74) is 1.72. The first kappa shape index (κ1) is 21.4. The van der Waals surface area contributed by atoms with E-state index in [0.717, 1.165) is 15.4 Å². The molecule has 1 saturated heterocycles. The molecular weight excluding hydrogens is 418 g/mol. The number of hydrogen-bond acceptors (Lipinski definition) is 6. The Morgan fingerprint density at radius 1 is 0.931 bits per heavy atom. The summed E-state index contributed by atoms with van der Waals surface area (Å²) < 4.78 is 56.9. The molecule has 2 aromatic carbocycles. The molecule has 0 spiro atoms. The van der Waals surface area contributed by atoms with Crippen LogP contribution in [0.5, 0.6) is 0 Å². The molecule has 0 saturated carbocycles. The largest absolute Gasteiger partial charge is 0.480 e. The number of hydrogen-bond donors (Lipinski definition) is 1. The molecule has 156 valence electrons. The van der Waals surface area contributed by atoms with Crippen LogP contribution in [0.15, 0.2) is 58.3 Å². The SMILES string of the molecule is Cc1ccc(S(=O)(=O)OC2C[C@H](C(=O)O)N(S(=O)(=O)c3ccc(C)cc3)C2)cc1. The van der Waals surface area contributed by atoms with Crippen LogP contribution in [0.25, 0.3) is 0 Å². The molecule has 1 aliphatic rings. The van der Waals surface area contributed by atoms with Gasteiger partial charge < -0.3 is 5.11 Å². The summed E-state index contributed by atoms with van der Waals surface area (Å²) >= 11 is 0. The number of carbonyl (C=O) groups is 1. The second kappa shape index (κ2) is 7.86. The molecule has 1 fully saturated rings. The smallest absolute Gasteiger partial charge is 0.322 e. The molecule has 0 bridgehead atoms. The zero-order valence-corrected chi connectivity index (χ0v) is 17.5. The molecule has 10 heteroatoms. The highest BCUT2D eigenvalue weighted by Crippen LogP contribution is 2.30. The maximum atomic E-state index is 12.9. The Bertz CT molecular complexity index is 1110. The summed E-state index contributed by atoms with van der Waals surface area (Å²) in [6.07, 6.45) is -1.38. The Morgan fingerprint density at radius 2 is 1.41 bits per heavy atom. The fraction of sp³-hybridized carbons (Fsp3) is 0.316. The van der Waals surface area contributed by atoms with Crippen molar-refractivity contribution in [2.24, 2.45) is 0 Å². The fourth-order valence-corrected chi connectivity index (χ4v) is 5.82. The van der Waals surface area contributed by atoms with E-state index in [0.29, 0.717) is 0 Å². The predicted octanol–water partition coefficient (Wildman–Crippen LogP) is 1.93. The molecule has 0 amide bonds. The Kier molecular flexibility index (Phi) is 5.81. The quantitative estimate of drug-likeness (QED) is 0.683. The van der Waals surface area contributed by atoms with Gasteiger partial charge in [0.1, 0.15) is 6.04 Å². The summed E-state index contributed by atoms with van der Waals surface area (Å²) in [6.45, 7) is 3.23. The zero-order chi connectivity index (χ0) is 21.4. The fourth-order valence-electron chi connectivity index (χ4n) is 3.11. The summed E-state index contributed by atoms with van der Waals surface area (Å²) in [4.78, 5) is 11.5. The van der Waals surface area contributed by atoms with E-state index >= 15 is 0 Å². The van der Waals surface area contributed by atoms with E-state index in [1.807, 2.05) is 0 Å². The first-order valence-corrected chi connectivity index (χ1v) is 11.7. The standard InChI is InChI=1S/C19H21NO7S2/c1-13-3-7-16(8-4-13)28(23,24)20-12-15(11-18(20)19(21)22)27-29(25,26)17-9-5-14(2)6-10-17/h3-10,15,18H,11-12H2,1-2H3,(H,21,22)/t15?,18-/m1/s1. The molecule has 3 rings (SSSR count). The van der Waals surface area contributed by atoms with Crippen molar-refractivity contribution in [2.75, 3.05) is 6.54 Å². The van der Waals surface area contributed by atoms with Gasteiger partial charge in [0.25, 0.3) is 10.1 Å². The van der Waals surface area contributed by atoms with E-state index in [-0.39, 0.29) is 22.8 Å². The van der Waals surface area contributed by atoms with Crippen LogP contribution in [0.2, 0.25) is 0 Å². The Labute approximate surface area is 169 Å². The van der Waals surface area contributed by atoms with Gasteiger partial charge in [-0.3, -0.25) is 8.98 Å². The third-order valence-electron chi connectivity index (χ3n) is 4.70. The lowest BCUT2D eigenvalue weighted by Gasteiger charge is -2.20. The van der Waals surface area contributed by atoms with E-state index in [2.05, 4.69) is 0 Å². The van der Waals surface area contributed by atoms with Crippen LogP contribution >= 0.6 is 0 Å². The topological polar surface area (TPSA) is 118 Å². The number of sulfonamides is 1. The maximum absolute atomic E-state index is 12.9. The second-order valence-corrected chi connectivity index (χ2v) is 10.4. The van der Waals surface area contributed by atoms with Crippen molar-refractivity contribution >= 4 is 26.1 Å². The number of aryl methyl sites for hydroxylation is 2. The summed E-state index contributed by atoms with van der Waals surface area (Å²) in [5.74, 6) is -1.36. The van der Waals surface area contributed by atoms with Gasteiger partial charge in [-0.05, 0) is 38.1 Å². The average molecular weight is 440 g/mol. The molecule has 29 heavy (non-hydrogen) atoms. The van der Waals surface area contributed by atoms with Crippen molar-refractivity contribution in [1.29, 1.82) is 0 Å². The Morgan fingerprint density at radius 3 is 1.90 bits per heavy atom. The number of carboxylic acid groups (broad SMARTS) is 1. The van der Waals surface area contributed by atoms with Gasteiger partial charge >= 0.3 is 5.97 Å². The Hall–Kier alpha value is -2.27. The van der Waals surface area contributed by atoms with Crippen LogP contribution in [0.4, 0.5) is 0 Å². The van der Waals surface area contributed by atoms with E-state index in [9.17, 15) is 26.7 Å². The third-order valence-corrected chi connectivity index (χ3v) is 7.97. The van der Waals surface area contributed by atoms with Gasteiger partial charge in [-0.1, -0.05) is 35.4 Å². The van der Waals surface area contributed by atoms with Crippen LogP contribution in [-0.4, -0.2) is 50.9 Å². The number of rotatable bonds is 6. The van der Waals surface area contributed by atoms with Crippen molar-refractivity contribution in [3.63, 3.8) is 0 Å². The second-order valence-electron chi connectivity index (χ2n) is 6.96. The molecule has 2 aromatic rings. The van der Waals surface area contributed by atoms with Crippen LogP contribution in [-0.2, 0) is 29.1 Å². The maximum Gasteiger partial charge on any atom is 0.322 e. The minimum absolute atomic E-state index is 0.0589. The summed E-state index contributed by atoms with van der Waals surface area (Å²) in [7, 11) is -8.29. The van der Waals surface area contributed by atoms with Gasteiger partial charge in [-0.25, -0.2) is 8.42 Å². The van der Waals surface area contributed by atoms with Crippen LogP contribution in [0, 0.1) is 13.8 Å². The number of aliphatic carboxylic acids is 1.